The number of primary amides is 1. The fraction of sp³-hybridized carbons (Fsp3) is 0.321. The second-order valence-electron chi connectivity index (χ2n) is 8.62. The summed E-state index contributed by atoms with van der Waals surface area (Å²) in [4.78, 5) is 28.9. The third-order valence-corrected chi connectivity index (χ3v) is 7.21. The van der Waals surface area contributed by atoms with E-state index in [1.165, 1.54) is 35.1 Å². The SMILES string of the molecule is CC.NC(=O)c1ccnc(Sc2ccc(N3CCN(CCCc4c[nH]c5ccc(F)cc45)CC3)cc2)n1. The molecule has 2 aromatic heterocycles. The summed E-state index contributed by atoms with van der Waals surface area (Å²) in [5.41, 5.74) is 8.89. The van der Waals surface area contributed by atoms with Gasteiger partial charge in [-0.1, -0.05) is 13.8 Å². The first kappa shape index (κ1) is 26.6. The van der Waals surface area contributed by atoms with Gasteiger partial charge in [0.15, 0.2) is 5.16 Å². The fourth-order valence-corrected chi connectivity index (χ4v) is 5.18. The summed E-state index contributed by atoms with van der Waals surface area (Å²) < 4.78 is 13.6. The van der Waals surface area contributed by atoms with Gasteiger partial charge in [0.25, 0.3) is 5.91 Å². The Balaban J connectivity index is 0.00000156. The Morgan fingerprint density at radius 3 is 2.57 bits per heavy atom. The van der Waals surface area contributed by atoms with Crippen molar-refractivity contribution in [2.75, 3.05) is 37.6 Å². The maximum Gasteiger partial charge on any atom is 0.267 e. The van der Waals surface area contributed by atoms with Gasteiger partial charge in [0.05, 0.1) is 0 Å². The van der Waals surface area contributed by atoms with Crippen molar-refractivity contribution in [1.29, 1.82) is 0 Å². The second-order valence-corrected chi connectivity index (χ2v) is 9.66. The molecule has 0 saturated carbocycles. The van der Waals surface area contributed by atoms with Crippen LogP contribution in [0.4, 0.5) is 10.1 Å². The molecule has 3 N–H and O–H groups in total. The van der Waals surface area contributed by atoms with Crippen LogP contribution < -0.4 is 10.6 Å². The van der Waals surface area contributed by atoms with Gasteiger partial charge >= 0.3 is 0 Å². The number of anilines is 1. The highest BCUT2D eigenvalue weighted by atomic mass is 32.2. The number of rotatable bonds is 8. The Kier molecular flexibility index (Phi) is 9.14. The van der Waals surface area contributed by atoms with E-state index in [0.717, 1.165) is 61.4 Å². The third-order valence-electron chi connectivity index (χ3n) is 6.32. The van der Waals surface area contributed by atoms with Crippen molar-refractivity contribution in [2.45, 2.75) is 36.7 Å². The lowest BCUT2D eigenvalue weighted by atomic mass is 10.1. The van der Waals surface area contributed by atoms with E-state index >= 15 is 0 Å². The number of amides is 1. The van der Waals surface area contributed by atoms with Crippen LogP contribution >= 0.6 is 11.8 Å². The number of nitrogens with two attached hydrogens (primary N) is 1. The number of H-pyrrole nitrogens is 1. The summed E-state index contributed by atoms with van der Waals surface area (Å²) in [6.07, 6.45) is 5.54. The van der Waals surface area contributed by atoms with Crippen LogP contribution in [0.1, 0.15) is 36.3 Å². The van der Waals surface area contributed by atoms with E-state index in [9.17, 15) is 9.18 Å². The monoisotopic (exact) mass is 520 g/mol. The molecule has 1 saturated heterocycles. The normalized spacial score (nSPS) is 13.9. The number of aromatic nitrogens is 3. The fourth-order valence-electron chi connectivity index (χ4n) is 4.44. The molecule has 0 unspecified atom stereocenters. The zero-order chi connectivity index (χ0) is 26.2. The first-order valence-electron chi connectivity index (χ1n) is 12.7. The Bertz CT molecular complexity index is 1320. The molecular formula is C28H33FN6OS. The summed E-state index contributed by atoms with van der Waals surface area (Å²) in [6.45, 7) is 9.04. The number of hydrogen-bond acceptors (Lipinski definition) is 6. The summed E-state index contributed by atoms with van der Waals surface area (Å²) in [5, 5.41) is 1.49. The van der Waals surface area contributed by atoms with Crippen molar-refractivity contribution in [2.24, 2.45) is 5.73 Å². The van der Waals surface area contributed by atoms with Crippen LogP contribution in [-0.4, -0.2) is 58.5 Å². The topological polar surface area (TPSA) is 91.1 Å². The van der Waals surface area contributed by atoms with Gasteiger partial charge in [0, 0.05) is 60.1 Å². The maximum atomic E-state index is 13.6. The molecule has 1 amide bonds. The Hall–Kier alpha value is -3.43. The lowest BCUT2D eigenvalue weighted by Gasteiger charge is -2.36. The number of fused-ring (bicyclic) bond motifs is 1. The van der Waals surface area contributed by atoms with Gasteiger partial charge in [-0.25, -0.2) is 14.4 Å². The molecule has 0 atom stereocenters. The quantitative estimate of drug-likeness (QED) is 0.313. The number of piperazine rings is 1. The number of benzene rings is 2. The summed E-state index contributed by atoms with van der Waals surface area (Å²) in [7, 11) is 0. The molecule has 1 aliphatic rings. The molecule has 1 aliphatic heterocycles. The Labute approximate surface area is 221 Å². The highest BCUT2D eigenvalue weighted by Crippen LogP contribution is 2.27. The van der Waals surface area contributed by atoms with E-state index in [1.54, 1.807) is 18.3 Å². The first-order chi connectivity index (χ1) is 18.0. The first-order valence-corrected chi connectivity index (χ1v) is 13.5. The van der Waals surface area contributed by atoms with Crippen molar-refractivity contribution < 1.29 is 9.18 Å². The average Bonchev–Trinajstić information content (AvgIpc) is 3.33. The molecule has 1 fully saturated rings. The molecule has 5 rings (SSSR count). The molecule has 3 heterocycles. The number of carbonyl (C=O) groups is 1. The van der Waals surface area contributed by atoms with E-state index in [2.05, 4.69) is 49.0 Å². The molecular weight excluding hydrogens is 487 g/mol. The Morgan fingerprint density at radius 2 is 1.84 bits per heavy atom. The summed E-state index contributed by atoms with van der Waals surface area (Å²) in [6, 6.07) is 14.8. The number of hydrogen-bond donors (Lipinski definition) is 2. The van der Waals surface area contributed by atoms with E-state index in [-0.39, 0.29) is 11.5 Å². The molecule has 0 bridgehead atoms. The van der Waals surface area contributed by atoms with Gasteiger partial charge in [-0.05, 0) is 85.2 Å². The highest BCUT2D eigenvalue weighted by molar-refractivity contribution is 7.99. The molecule has 7 nitrogen and oxygen atoms in total. The lowest BCUT2D eigenvalue weighted by Crippen LogP contribution is -2.46. The molecule has 9 heteroatoms. The van der Waals surface area contributed by atoms with Crippen LogP contribution in [0.15, 0.2) is 71.0 Å². The smallest absolute Gasteiger partial charge is 0.267 e. The maximum absolute atomic E-state index is 13.6. The molecule has 2 aromatic carbocycles. The molecule has 0 spiro atoms. The molecule has 194 valence electrons. The number of carbonyl (C=O) groups excluding carboxylic acids is 1. The van der Waals surface area contributed by atoms with Gasteiger partial charge in [-0.15, -0.1) is 0 Å². The van der Waals surface area contributed by atoms with Gasteiger partial charge < -0.3 is 15.6 Å². The van der Waals surface area contributed by atoms with Gasteiger partial charge in [-0.3, -0.25) is 9.69 Å². The minimum atomic E-state index is -0.558. The number of halogens is 1. The minimum absolute atomic E-state index is 0.188. The van der Waals surface area contributed by atoms with Gasteiger partial charge in [0.1, 0.15) is 11.5 Å². The van der Waals surface area contributed by atoms with Crippen LogP contribution in [0, 0.1) is 5.82 Å². The largest absolute Gasteiger partial charge is 0.369 e. The van der Waals surface area contributed by atoms with Crippen LogP contribution in [0.25, 0.3) is 10.9 Å². The van der Waals surface area contributed by atoms with Gasteiger partial charge in [0.2, 0.25) is 0 Å². The average molecular weight is 521 g/mol. The predicted molar refractivity (Wildman–Crippen MR) is 148 cm³/mol. The van der Waals surface area contributed by atoms with Crippen molar-refractivity contribution in [3.8, 4) is 0 Å². The summed E-state index contributed by atoms with van der Waals surface area (Å²) in [5.74, 6) is -0.746. The number of aryl methyl sites for hydroxylation is 1. The second kappa shape index (κ2) is 12.7. The molecule has 0 aliphatic carbocycles. The third kappa shape index (κ3) is 6.87. The zero-order valence-corrected chi connectivity index (χ0v) is 22.1. The molecule has 37 heavy (non-hydrogen) atoms. The van der Waals surface area contributed by atoms with Gasteiger partial charge in [-0.2, -0.15) is 0 Å². The van der Waals surface area contributed by atoms with Crippen LogP contribution in [0.2, 0.25) is 0 Å². The van der Waals surface area contributed by atoms with Crippen molar-refractivity contribution in [1.82, 2.24) is 19.9 Å². The number of aromatic amines is 1. The van der Waals surface area contributed by atoms with Crippen LogP contribution in [-0.2, 0) is 6.42 Å². The molecule has 0 radical (unpaired) electrons. The van der Waals surface area contributed by atoms with Crippen LogP contribution in [0.3, 0.4) is 0 Å². The van der Waals surface area contributed by atoms with E-state index in [0.29, 0.717) is 5.16 Å². The summed E-state index contributed by atoms with van der Waals surface area (Å²) >= 11 is 1.40. The lowest BCUT2D eigenvalue weighted by molar-refractivity contribution is 0.0994. The van der Waals surface area contributed by atoms with E-state index in [1.807, 2.05) is 20.0 Å². The van der Waals surface area contributed by atoms with Crippen molar-refractivity contribution >= 4 is 34.3 Å². The minimum Gasteiger partial charge on any atom is -0.369 e. The number of nitrogens with one attached hydrogen (secondary N) is 1. The number of nitrogens with zero attached hydrogens (tertiary/aromatic N) is 4. The standard InChI is InChI=1S/C26H27FN6OS.C2H6/c27-19-3-8-23-22(16-19)18(17-30-23)2-1-11-32-12-14-33(15-13-32)20-4-6-21(7-5-20)35-26-29-10-9-24(31-26)25(28)34;1-2/h3-10,16-17,30H,1-2,11-15H2,(H2,28,34);1-2H3. The van der Waals surface area contributed by atoms with Crippen molar-refractivity contribution in [3.63, 3.8) is 0 Å². The Morgan fingerprint density at radius 1 is 1.08 bits per heavy atom. The highest BCUT2D eigenvalue weighted by Gasteiger charge is 2.17. The van der Waals surface area contributed by atoms with E-state index < -0.39 is 5.91 Å². The predicted octanol–water partition coefficient (Wildman–Crippen LogP) is 5.13. The van der Waals surface area contributed by atoms with E-state index in [4.69, 9.17) is 5.73 Å². The molecule has 4 aromatic rings. The zero-order valence-electron chi connectivity index (χ0n) is 21.3. The van der Waals surface area contributed by atoms with Crippen LogP contribution in [0.5, 0.6) is 0 Å². The van der Waals surface area contributed by atoms with Crippen molar-refractivity contribution in [3.05, 3.63) is 78.0 Å².